The lowest BCUT2D eigenvalue weighted by atomic mass is 9.82. The number of anilines is 2. The highest BCUT2D eigenvalue weighted by atomic mass is 16.4. The first-order valence-corrected chi connectivity index (χ1v) is 14.1. The molecular weight excluding hydrogens is 514 g/mol. The van der Waals surface area contributed by atoms with E-state index < -0.39 is 5.97 Å². The van der Waals surface area contributed by atoms with Crippen LogP contribution in [-0.4, -0.2) is 46.2 Å². The number of aliphatic carboxylic acids is 1. The molecule has 4 heterocycles. The zero-order valence-electron chi connectivity index (χ0n) is 24.0. The number of benzene rings is 2. The number of rotatable bonds is 7. The van der Waals surface area contributed by atoms with Crippen LogP contribution in [0.1, 0.15) is 43.5 Å². The lowest BCUT2D eigenvalue weighted by Crippen LogP contribution is -2.38. The monoisotopic (exact) mass is 549 g/mol. The number of pyridine rings is 1. The molecule has 6 rings (SSSR count). The molecule has 0 unspecified atom stereocenters. The average molecular weight is 550 g/mol. The summed E-state index contributed by atoms with van der Waals surface area (Å²) >= 11 is 0. The van der Waals surface area contributed by atoms with Crippen LogP contribution in [0.2, 0.25) is 0 Å². The van der Waals surface area contributed by atoms with Gasteiger partial charge in [0.25, 0.3) is 0 Å². The molecule has 1 fully saturated rings. The van der Waals surface area contributed by atoms with Crippen LogP contribution in [0.15, 0.2) is 65.5 Å². The summed E-state index contributed by atoms with van der Waals surface area (Å²) in [6.45, 7) is 8.94. The van der Waals surface area contributed by atoms with Crippen LogP contribution in [0.4, 0.5) is 11.5 Å². The quantitative estimate of drug-likeness (QED) is 0.242. The molecular formula is C33H35N5O3. The summed E-state index contributed by atoms with van der Waals surface area (Å²) in [6.07, 6.45) is 5.57. The van der Waals surface area contributed by atoms with Gasteiger partial charge in [-0.3, -0.25) is 9.78 Å². The number of furan rings is 1. The van der Waals surface area contributed by atoms with Gasteiger partial charge in [0.05, 0.1) is 12.1 Å². The third kappa shape index (κ3) is 5.22. The van der Waals surface area contributed by atoms with E-state index in [2.05, 4.69) is 62.9 Å². The molecule has 2 aromatic carbocycles. The van der Waals surface area contributed by atoms with Crippen molar-refractivity contribution in [2.45, 2.75) is 46.6 Å². The summed E-state index contributed by atoms with van der Waals surface area (Å²) in [7, 11) is 2.00. The van der Waals surface area contributed by atoms with Gasteiger partial charge in [-0.1, -0.05) is 50.2 Å². The topological polar surface area (TPSA) is 95.6 Å². The van der Waals surface area contributed by atoms with Gasteiger partial charge >= 0.3 is 5.97 Å². The molecule has 8 nitrogen and oxygen atoms in total. The summed E-state index contributed by atoms with van der Waals surface area (Å²) in [5.74, 6) is -0.0982. The number of carboxylic acid groups (broad SMARTS) is 1. The van der Waals surface area contributed by atoms with Crippen molar-refractivity contribution >= 4 is 39.5 Å². The van der Waals surface area contributed by atoms with Gasteiger partial charge in [0.15, 0.2) is 11.4 Å². The van der Waals surface area contributed by atoms with Crippen molar-refractivity contribution in [1.82, 2.24) is 15.0 Å². The van der Waals surface area contributed by atoms with E-state index in [-0.39, 0.29) is 11.8 Å². The lowest BCUT2D eigenvalue weighted by Gasteiger charge is -2.40. The Bertz CT molecular complexity index is 1730. The van der Waals surface area contributed by atoms with E-state index >= 15 is 0 Å². The number of aryl methyl sites for hydroxylation is 1. The van der Waals surface area contributed by atoms with Gasteiger partial charge in [-0.15, -0.1) is 0 Å². The average Bonchev–Trinajstić information content (AvgIpc) is 3.33. The number of carboxylic acids is 1. The Kier molecular flexibility index (Phi) is 6.85. The van der Waals surface area contributed by atoms with Gasteiger partial charge in [0.2, 0.25) is 0 Å². The van der Waals surface area contributed by atoms with Gasteiger partial charge in [0, 0.05) is 55.1 Å². The van der Waals surface area contributed by atoms with Gasteiger partial charge in [0.1, 0.15) is 17.4 Å². The van der Waals surface area contributed by atoms with Crippen molar-refractivity contribution in [3.05, 3.63) is 77.9 Å². The molecule has 0 radical (unpaired) electrons. The van der Waals surface area contributed by atoms with Crippen molar-refractivity contribution in [2.75, 3.05) is 29.9 Å². The molecule has 0 spiro atoms. The molecule has 8 heteroatoms. The lowest BCUT2D eigenvalue weighted by molar-refractivity contribution is -0.136. The zero-order chi connectivity index (χ0) is 28.7. The van der Waals surface area contributed by atoms with Gasteiger partial charge in [-0.05, 0) is 48.4 Å². The highest BCUT2D eigenvalue weighted by Crippen LogP contribution is 2.40. The van der Waals surface area contributed by atoms with Crippen molar-refractivity contribution in [1.29, 1.82) is 0 Å². The molecule has 3 aromatic heterocycles. The van der Waals surface area contributed by atoms with Crippen molar-refractivity contribution in [3.8, 4) is 11.1 Å². The van der Waals surface area contributed by atoms with Gasteiger partial charge in [-0.25, -0.2) is 9.97 Å². The van der Waals surface area contributed by atoms with Gasteiger partial charge < -0.3 is 19.3 Å². The molecule has 1 N–H and O–H groups in total. The number of hydrogen-bond acceptors (Lipinski definition) is 7. The summed E-state index contributed by atoms with van der Waals surface area (Å²) < 4.78 is 6.13. The summed E-state index contributed by atoms with van der Waals surface area (Å²) in [5, 5.41) is 10.7. The molecule has 0 saturated carbocycles. The fourth-order valence-electron chi connectivity index (χ4n) is 5.83. The molecule has 0 amide bonds. The molecule has 1 aliphatic heterocycles. The number of aromatic nitrogens is 3. The predicted molar refractivity (Wildman–Crippen MR) is 162 cm³/mol. The second-order valence-corrected chi connectivity index (χ2v) is 11.8. The number of nitrogens with zero attached hydrogens (tertiary/aromatic N) is 5. The highest BCUT2D eigenvalue weighted by Gasteiger charge is 2.29. The van der Waals surface area contributed by atoms with E-state index in [0.717, 1.165) is 81.9 Å². The molecule has 1 aliphatic rings. The van der Waals surface area contributed by atoms with Crippen LogP contribution in [0.25, 0.3) is 33.2 Å². The smallest absolute Gasteiger partial charge is 0.307 e. The third-order valence-corrected chi connectivity index (χ3v) is 8.31. The molecule has 0 atom stereocenters. The van der Waals surface area contributed by atoms with Crippen LogP contribution >= 0.6 is 0 Å². The third-order valence-electron chi connectivity index (χ3n) is 8.31. The number of hydrogen-bond donors (Lipinski definition) is 1. The summed E-state index contributed by atoms with van der Waals surface area (Å²) in [4.78, 5) is 29.9. The maximum Gasteiger partial charge on any atom is 0.307 e. The molecule has 1 saturated heterocycles. The van der Waals surface area contributed by atoms with Crippen LogP contribution in [0.3, 0.4) is 0 Å². The second-order valence-electron chi connectivity index (χ2n) is 11.8. The Morgan fingerprint density at radius 3 is 2.51 bits per heavy atom. The zero-order valence-corrected chi connectivity index (χ0v) is 24.0. The minimum absolute atomic E-state index is 0.0417. The molecule has 210 valence electrons. The Labute approximate surface area is 239 Å². The number of piperidine rings is 1. The Morgan fingerprint density at radius 1 is 1.05 bits per heavy atom. The Hall–Kier alpha value is -4.46. The van der Waals surface area contributed by atoms with E-state index in [1.807, 2.05) is 44.4 Å². The minimum atomic E-state index is -0.840. The second kappa shape index (κ2) is 10.5. The SMILES string of the molecule is Cc1ncc(-c2ccc(CN(C)c3ncnc4c3oc3ccccc34)cc2)c(N2CCC(C)(C)CC2)c1CC(=O)O. The standard InChI is InChI=1S/C33H35N5O3/c1-21-25(17-28(39)40)30(38-15-13-33(2,3)14-16-38)26(18-34-21)23-11-9-22(10-12-23)19-37(4)32-31-29(35-20-36-32)24-7-5-6-8-27(24)41-31/h5-12,18,20H,13-17,19H2,1-4H3,(H,39,40). The maximum absolute atomic E-state index is 11.8. The normalized spacial score (nSPS) is 15.0. The van der Waals surface area contributed by atoms with Crippen molar-refractivity contribution in [2.24, 2.45) is 5.41 Å². The molecule has 0 bridgehead atoms. The number of para-hydroxylation sites is 1. The number of fused-ring (bicyclic) bond motifs is 3. The first-order valence-electron chi connectivity index (χ1n) is 14.1. The first-order chi connectivity index (χ1) is 19.7. The Balaban J connectivity index is 1.31. The largest absolute Gasteiger partial charge is 0.481 e. The van der Waals surface area contributed by atoms with Crippen molar-refractivity contribution in [3.63, 3.8) is 0 Å². The van der Waals surface area contributed by atoms with Crippen LogP contribution in [0.5, 0.6) is 0 Å². The first kappa shape index (κ1) is 26.7. The summed E-state index contributed by atoms with van der Waals surface area (Å²) in [6, 6.07) is 16.3. The molecule has 5 aromatic rings. The van der Waals surface area contributed by atoms with Crippen LogP contribution in [0, 0.1) is 12.3 Å². The van der Waals surface area contributed by atoms with Crippen LogP contribution in [-0.2, 0) is 17.8 Å². The predicted octanol–water partition coefficient (Wildman–Crippen LogP) is 6.64. The fourth-order valence-corrected chi connectivity index (χ4v) is 5.83. The van der Waals surface area contributed by atoms with E-state index in [1.54, 1.807) is 6.33 Å². The summed E-state index contributed by atoms with van der Waals surface area (Å²) in [5.41, 5.74) is 8.28. The minimum Gasteiger partial charge on any atom is -0.481 e. The molecule has 0 aliphatic carbocycles. The van der Waals surface area contributed by atoms with E-state index in [0.29, 0.717) is 12.1 Å². The number of carbonyl (C=O) groups is 1. The van der Waals surface area contributed by atoms with E-state index in [4.69, 9.17) is 4.42 Å². The highest BCUT2D eigenvalue weighted by molar-refractivity contribution is 6.05. The van der Waals surface area contributed by atoms with E-state index in [9.17, 15) is 9.90 Å². The maximum atomic E-state index is 11.8. The molecule has 41 heavy (non-hydrogen) atoms. The fraction of sp³-hybridized carbons (Fsp3) is 0.333. The Morgan fingerprint density at radius 2 is 1.78 bits per heavy atom. The van der Waals surface area contributed by atoms with Gasteiger partial charge in [-0.2, -0.15) is 0 Å². The van der Waals surface area contributed by atoms with Crippen molar-refractivity contribution < 1.29 is 14.3 Å². The van der Waals surface area contributed by atoms with Crippen LogP contribution < -0.4 is 9.80 Å². The van der Waals surface area contributed by atoms with E-state index in [1.165, 1.54) is 0 Å².